The van der Waals surface area contributed by atoms with Crippen LogP contribution in [0.25, 0.3) is 0 Å². The Morgan fingerprint density at radius 3 is 2.08 bits per heavy atom. The molecule has 0 radical (unpaired) electrons. The van der Waals surface area contributed by atoms with Crippen LogP contribution in [-0.4, -0.2) is 39.9 Å². The third kappa shape index (κ3) is 3.34. The van der Waals surface area contributed by atoms with Crippen LogP contribution in [0.3, 0.4) is 0 Å². The molecule has 0 aliphatic heterocycles. The minimum absolute atomic E-state index is 0.188. The van der Waals surface area contributed by atoms with Gasteiger partial charge in [-0.25, -0.2) is 0 Å². The summed E-state index contributed by atoms with van der Waals surface area (Å²) in [6, 6.07) is 0. The Morgan fingerprint density at radius 2 is 1.83 bits per heavy atom. The van der Waals surface area contributed by atoms with E-state index in [4.69, 9.17) is 0 Å². The van der Waals surface area contributed by atoms with Gasteiger partial charge in [0.05, 0.1) is 0 Å². The maximum Gasteiger partial charge on any atom is 0.287 e. The van der Waals surface area contributed by atoms with Crippen molar-refractivity contribution in [3.05, 3.63) is 0 Å². The second-order valence-corrected chi connectivity index (χ2v) is 6.30. The van der Waals surface area contributed by atoms with Gasteiger partial charge in [-0.1, -0.05) is 6.92 Å². The number of thiol groups is 1. The topological polar surface area (TPSA) is 37.4 Å². The first kappa shape index (κ1) is 11.6. The first-order valence-corrected chi connectivity index (χ1v) is 6.88. The van der Waals surface area contributed by atoms with Crippen LogP contribution in [0.15, 0.2) is 0 Å². The predicted molar refractivity (Wildman–Crippen MR) is 54.3 cm³/mol. The summed E-state index contributed by atoms with van der Waals surface area (Å²) in [4.78, 5) is 13.1. The zero-order valence-corrected chi connectivity index (χ0v) is 9.23. The van der Waals surface area contributed by atoms with E-state index in [9.17, 15) is 9.00 Å². The Morgan fingerprint density at radius 1 is 1.33 bits per heavy atom. The van der Waals surface area contributed by atoms with Gasteiger partial charge in [0.25, 0.3) is 5.24 Å². The van der Waals surface area contributed by atoms with Gasteiger partial charge in [0.2, 0.25) is 0 Å². The molecule has 3 nitrogen and oxygen atoms in total. The van der Waals surface area contributed by atoms with Gasteiger partial charge in [-0.15, -0.1) is 0 Å². The minimum Gasteiger partial charge on any atom is -0.333 e. The summed E-state index contributed by atoms with van der Waals surface area (Å²) >= 11 is 0. The lowest BCUT2D eigenvalue weighted by molar-refractivity contribution is 0.224. The van der Waals surface area contributed by atoms with Gasteiger partial charge in [-0.3, -0.25) is 9.00 Å². The summed E-state index contributed by atoms with van der Waals surface area (Å²) in [7, 11) is -2.57. The van der Waals surface area contributed by atoms with Crippen molar-refractivity contribution in [1.82, 2.24) is 4.90 Å². The van der Waals surface area contributed by atoms with Crippen molar-refractivity contribution < 1.29 is 9.00 Å². The Hall–Kier alpha value is -0.380. The van der Waals surface area contributed by atoms with Crippen LogP contribution in [0.2, 0.25) is 0 Å². The normalized spacial score (nSPS) is 12.7. The van der Waals surface area contributed by atoms with Crippen molar-refractivity contribution in [1.29, 1.82) is 0 Å². The highest BCUT2D eigenvalue weighted by atomic mass is 32.2. The maximum absolute atomic E-state index is 11.4. The van der Waals surface area contributed by atoms with Crippen LogP contribution in [0, 0.1) is 0 Å². The minimum atomic E-state index is -2.57. The van der Waals surface area contributed by atoms with Crippen LogP contribution in [0.4, 0.5) is 4.79 Å². The van der Waals surface area contributed by atoms with Gasteiger partial charge < -0.3 is 4.90 Å². The molecule has 0 saturated heterocycles. The van der Waals surface area contributed by atoms with Gasteiger partial charge in [0.1, 0.15) is 0 Å². The molecule has 0 heterocycles. The summed E-state index contributed by atoms with van der Waals surface area (Å²) in [6.45, 7) is 5.27. The zero-order valence-electron chi connectivity index (χ0n) is 8.33. The lowest BCUT2D eigenvalue weighted by Crippen LogP contribution is -2.38. The summed E-state index contributed by atoms with van der Waals surface area (Å²) in [5.74, 6) is 0. The van der Waals surface area contributed by atoms with E-state index in [0.29, 0.717) is 13.1 Å². The highest BCUT2D eigenvalue weighted by molar-refractivity contribution is 8.15. The Balaban J connectivity index is 4.32. The number of rotatable bonds is 3. The first-order chi connectivity index (χ1) is 5.43. The monoisotopic (exact) mass is 193 g/mol. The number of carbonyl (C=O) groups excluding carboxylic acids is 1. The van der Waals surface area contributed by atoms with Crippen molar-refractivity contribution in [2.75, 3.05) is 25.6 Å². The van der Waals surface area contributed by atoms with Gasteiger partial charge in [-0.05, 0) is 35.8 Å². The summed E-state index contributed by atoms with van der Waals surface area (Å²) in [5.41, 5.74) is 0. The average Bonchev–Trinajstić information content (AvgIpc) is 1.97. The third-order valence-corrected chi connectivity index (χ3v) is 2.81. The van der Waals surface area contributed by atoms with Crippen molar-refractivity contribution in [2.24, 2.45) is 0 Å². The molecular formula is C8H19NO2S. The number of amides is 1. The van der Waals surface area contributed by atoms with Gasteiger partial charge in [0, 0.05) is 13.1 Å². The number of nitrogens with zero attached hydrogens (tertiary/aromatic N) is 1. The van der Waals surface area contributed by atoms with Crippen LogP contribution >= 0.6 is 0 Å². The van der Waals surface area contributed by atoms with E-state index >= 15 is 0 Å². The average molecular weight is 193 g/mol. The molecule has 0 aromatic heterocycles. The van der Waals surface area contributed by atoms with E-state index in [1.54, 1.807) is 4.90 Å². The lowest BCUT2D eigenvalue weighted by atomic mass is 10.4. The van der Waals surface area contributed by atoms with E-state index in [1.165, 1.54) is 12.5 Å². The number of carbonyl (C=O) groups is 1. The van der Waals surface area contributed by atoms with E-state index in [-0.39, 0.29) is 5.24 Å². The molecule has 0 rings (SSSR count). The quantitative estimate of drug-likeness (QED) is 0.682. The highest BCUT2D eigenvalue weighted by Crippen LogP contribution is 2.04. The molecule has 0 bridgehead atoms. The van der Waals surface area contributed by atoms with Crippen LogP contribution < -0.4 is 0 Å². The molecule has 1 amide bonds. The Bertz CT molecular complexity index is 197. The smallest absolute Gasteiger partial charge is 0.287 e. The molecule has 0 unspecified atom stereocenters. The SMILES string of the molecule is CCCN(CC)C(=O)[SH](C)(C)=O. The Labute approximate surface area is 75.6 Å². The third-order valence-electron chi connectivity index (χ3n) is 1.61. The summed E-state index contributed by atoms with van der Waals surface area (Å²) in [6.07, 6.45) is 3.96. The second-order valence-electron chi connectivity index (χ2n) is 3.21. The van der Waals surface area contributed by atoms with E-state index < -0.39 is 9.93 Å². The summed E-state index contributed by atoms with van der Waals surface area (Å²) in [5, 5.41) is -0.188. The molecule has 0 aliphatic rings. The van der Waals surface area contributed by atoms with E-state index in [0.717, 1.165) is 6.42 Å². The maximum atomic E-state index is 11.4. The highest BCUT2D eigenvalue weighted by Gasteiger charge is 2.18. The second kappa shape index (κ2) is 4.60. The fraction of sp³-hybridized carbons (Fsp3) is 0.875. The zero-order chi connectivity index (χ0) is 9.78. The van der Waals surface area contributed by atoms with Crippen molar-refractivity contribution in [3.63, 3.8) is 0 Å². The summed E-state index contributed by atoms with van der Waals surface area (Å²) < 4.78 is 11.4. The molecule has 0 saturated carbocycles. The molecule has 0 aromatic carbocycles. The predicted octanol–water partition coefficient (Wildman–Crippen LogP) is 1.11. The van der Waals surface area contributed by atoms with Crippen LogP contribution in [0.1, 0.15) is 20.3 Å². The molecule has 0 fully saturated rings. The van der Waals surface area contributed by atoms with Gasteiger partial charge in [-0.2, -0.15) is 0 Å². The van der Waals surface area contributed by atoms with Gasteiger partial charge in [0.15, 0.2) is 0 Å². The van der Waals surface area contributed by atoms with Crippen LogP contribution in [-0.2, 0) is 9.93 Å². The number of hydrogen-bond acceptors (Lipinski definition) is 2. The molecular weight excluding hydrogens is 174 g/mol. The molecule has 12 heavy (non-hydrogen) atoms. The van der Waals surface area contributed by atoms with E-state index in [2.05, 4.69) is 0 Å². The van der Waals surface area contributed by atoms with Crippen LogP contribution in [0.5, 0.6) is 0 Å². The molecule has 4 heteroatoms. The molecule has 0 aliphatic carbocycles. The largest absolute Gasteiger partial charge is 0.333 e. The fourth-order valence-electron chi connectivity index (χ4n) is 1.000. The molecule has 0 atom stereocenters. The Kier molecular flexibility index (Phi) is 4.45. The standard InChI is InChI=1S/C8H19NO2S/c1-5-7-9(6-2)8(10)12(3,4)11/h12H,5-7H2,1-4H3. The lowest BCUT2D eigenvalue weighted by Gasteiger charge is -2.24. The number of hydrogen-bond donors (Lipinski definition) is 1. The molecule has 0 aromatic rings. The van der Waals surface area contributed by atoms with Crippen molar-refractivity contribution >= 4 is 15.2 Å². The fourth-order valence-corrected chi connectivity index (χ4v) is 1.92. The van der Waals surface area contributed by atoms with E-state index in [1.807, 2.05) is 13.8 Å². The van der Waals surface area contributed by atoms with Gasteiger partial charge >= 0.3 is 0 Å². The van der Waals surface area contributed by atoms with Crippen molar-refractivity contribution in [3.8, 4) is 0 Å². The first-order valence-electron chi connectivity index (χ1n) is 4.28. The molecule has 74 valence electrons. The molecule has 0 N–H and O–H groups in total. The van der Waals surface area contributed by atoms with Crippen molar-refractivity contribution in [2.45, 2.75) is 20.3 Å². The molecule has 0 spiro atoms.